The Labute approximate surface area is 94.8 Å². The smallest absolute Gasteiger partial charge is 0.243 e. The van der Waals surface area contributed by atoms with Gasteiger partial charge in [-0.2, -0.15) is 0 Å². The number of sulfonamides is 1. The van der Waals surface area contributed by atoms with Crippen LogP contribution in [0.3, 0.4) is 0 Å². The molecule has 0 aliphatic heterocycles. The topological polar surface area (TPSA) is 63.4 Å². The van der Waals surface area contributed by atoms with Crippen LogP contribution in [0.1, 0.15) is 16.7 Å². The Balaban J connectivity index is 3.21. The minimum atomic E-state index is -3.32. The van der Waals surface area contributed by atoms with Crippen molar-refractivity contribution in [1.82, 2.24) is 4.31 Å². The molecule has 1 rings (SSSR count). The Kier molecular flexibility index (Phi) is 3.88. The van der Waals surface area contributed by atoms with Crippen LogP contribution < -0.4 is 5.73 Å². The van der Waals surface area contributed by atoms with E-state index in [2.05, 4.69) is 0 Å². The molecule has 86 valence electrons. The Hall–Kier alpha value is -0.430. The summed E-state index contributed by atoms with van der Waals surface area (Å²) in [6.45, 7) is 4.47. The predicted molar refractivity (Wildman–Crippen MR) is 62.4 cm³/mol. The van der Waals surface area contributed by atoms with Gasteiger partial charge in [0, 0.05) is 29.9 Å². The second-order valence-corrected chi connectivity index (χ2v) is 6.61. The largest absolute Gasteiger partial charge is 0.326 e. The van der Waals surface area contributed by atoms with Gasteiger partial charge in [0.15, 0.2) is 0 Å². The molecular weight excluding hydrogens is 232 g/mol. The normalized spacial score (nSPS) is 12.3. The van der Waals surface area contributed by atoms with Crippen LogP contribution in [0.25, 0.3) is 0 Å². The maximum Gasteiger partial charge on any atom is 0.243 e. The summed E-state index contributed by atoms with van der Waals surface area (Å²) in [6.07, 6.45) is 0. The van der Waals surface area contributed by atoms with Gasteiger partial charge in [0.25, 0.3) is 0 Å². The molecule has 1 aromatic rings. The summed E-state index contributed by atoms with van der Waals surface area (Å²) in [5.41, 5.74) is 5.49. The first-order chi connectivity index (χ1) is 6.93. The average Bonchev–Trinajstić information content (AvgIpc) is 2.58. The number of hydrogen-bond donors (Lipinski definition) is 1. The van der Waals surface area contributed by atoms with Crippen molar-refractivity contribution >= 4 is 21.4 Å². The van der Waals surface area contributed by atoms with Crippen LogP contribution in [0.5, 0.6) is 0 Å². The van der Waals surface area contributed by atoms with Crippen LogP contribution in [0.2, 0.25) is 0 Å². The molecule has 0 aliphatic carbocycles. The molecule has 2 N–H and O–H groups in total. The zero-order valence-electron chi connectivity index (χ0n) is 9.15. The minimum absolute atomic E-state index is 0.386. The first-order valence-electron chi connectivity index (χ1n) is 4.69. The SMILES string of the molecule is CCN(C)S(=O)(=O)c1cc(CN)sc1C. The molecule has 15 heavy (non-hydrogen) atoms. The number of thiophene rings is 1. The molecule has 1 heterocycles. The van der Waals surface area contributed by atoms with Crippen molar-refractivity contribution in [1.29, 1.82) is 0 Å². The molecule has 0 saturated carbocycles. The Morgan fingerprint density at radius 2 is 2.13 bits per heavy atom. The van der Waals surface area contributed by atoms with Gasteiger partial charge in [0.05, 0.1) is 4.90 Å². The maximum absolute atomic E-state index is 12.0. The third-order valence-corrected chi connectivity index (χ3v) is 5.52. The van der Waals surface area contributed by atoms with Crippen molar-refractivity contribution in [3.8, 4) is 0 Å². The molecule has 0 unspecified atom stereocenters. The first-order valence-corrected chi connectivity index (χ1v) is 6.94. The van der Waals surface area contributed by atoms with E-state index in [4.69, 9.17) is 5.73 Å². The lowest BCUT2D eigenvalue weighted by Crippen LogP contribution is -2.26. The van der Waals surface area contributed by atoms with E-state index >= 15 is 0 Å². The summed E-state index contributed by atoms with van der Waals surface area (Å²) >= 11 is 1.44. The van der Waals surface area contributed by atoms with E-state index in [1.165, 1.54) is 15.6 Å². The summed E-state index contributed by atoms with van der Waals surface area (Å²) in [7, 11) is -1.74. The summed E-state index contributed by atoms with van der Waals surface area (Å²) in [5.74, 6) is 0. The second-order valence-electron chi connectivity index (χ2n) is 3.26. The fourth-order valence-corrected chi connectivity index (χ4v) is 3.88. The zero-order valence-corrected chi connectivity index (χ0v) is 10.8. The highest BCUT2D eigenvalue weighted by molar-refractivity contribution is 7.89. The predicted octanol–water partition coefficient (Wildman–Crippen LogP) is 1.16. The quantitative estimate of drug-likeness (QED) is 0.869. The van der Waals surface area contributed by atoms with Gasteiger partial charge in [-0.05, 0) is 13.0 Å². The molecular formula is C9H16N2O2S2. The molecule has 0 aromatic carbocycles. The van der Waals surface area contributed by atoms with Crippen LogP contribution in [-0.2, 0) is 16.6 Å². The van der Waals surface area contributed by atoms with Gasteiger partial charge in [-0.25, -0.2) is 12.7 Å². The molecule has 6 heteroatoms. The molecule has 0 fully saturated rings. The van der Waals surface area contributed by atoms with Gasteiger partial charge >= 0.3 is 0 Å². The zero-order chi connectivity index (χ0) is 11.6. The van der Waals surface area contributed by atoms with E-state index in [0.29, 0.717) is 18.0 Å². The highest BCUT2D eigenvalue weighted by Gasteiger charge is 2.23. The van der Waals surface area contributed by atoms with Crippen molar-refractivity contribution in [3.63, 3.8) is 0 Å². The van der Waals surface area contributed by atoms with Crippen molar-refractivity contribution in [2.75, 3.05) is 13.6 Å². The summed E-state index contributed by atoms with van der Waals surface area (Å²) < 4.78 is 25.3. The van der Waals surface area contributed by atoms with Crippen molar-refractivity contribution in [2.24, 2.45) is 5.73 Å². The molecule has 0 atom stereocenters. The Morgan fingerprint density at radius 3 is 2.53 bits per heavy atom. The van der Waals surface area contributed by atoms with Crippen molar-refractivity contribution in [3.05, 3.63) is 15.8 Å². The van der Waals surface area contributed by atoms with Gasteiger partial charge in [0.2, 0.25) is 10.0 Å². The molecule has 0 bridgehead atoms. The van der Waals surface area contributed by atoms with Gasteiger partial charge in [-0.1, -0.05) is 6.92 Å². The van der Waals surface area contributed by atoms with Crippen LogP contribution >= 0.6 is 11.3 Å². The van der Waals surface area contributed by atoms with E-state index in [1.807, 2.05) is 6.92 Å². The fourth-order valence-electron chi connectivity index (χ4n) is 1.22. The Morgan fingerprint density at radius 1 is 1.53 bits per heavy atom. The lowest BCUT2D eigenvalue weighted by atomic mass is 10.4. The third kappa shape index (κ3) is 2.39. The Bertz CT molecular complexity index is 437. The van der Waals surface area contributed by atoms with Crippen LogP contribution in [0.15, 0.2) is 11.0 Å². The lowest BCUT2D eigenvalue weighted by molar-refractivity contribution is 0.486. The van der Waals surface area contributed by atoms with E-state index in [-0.39, 0.29) is 0 Å². The van der Waals surface area contributed by atoms with Gasteiger partial charge in [0.1, 0.15) is 0 Å². The standard InChI is InChI=1S/C9H16N2O2S2/c1-4-11(3)15(12,13)9-5-8(6-10)14-7(9)2/h5H,4,6,10H2,1-3H3. The number of rotatable bonds is 4. The van der Waals surface area contributed by atoms with Crippen molar-refractivity contribution in [2.45, 2.75) is 25.3 Å². The number of nitrogens with zero attached hydrogens (tertiary/aromatic N) is 1. The van der Waals surface area contributed by atoms with Crippen LogP contribution in [0.4, 0.5) is 0 Å². The van der Waals surface area contributed by atoms with Gasteiger partial charge < -0.3 is 5.73 Å². The molecule has 0 spiro atoms. The third-order valence-electron chi connectivity index (χ3n) is 2.26. The molecule has 0 amide bonds. The van der Waals surface area contributed by atoms with E-state index in [9.17, 15) is 8.42 Å². The molecule has 0 aliphatic rings. The van der Waals surface area contributed by atoms with E-state index < -0.39 is 10.0 Å². The molecule has 0 saturated heterocycles. The van der Waals surface area contributed by atoms with Gasteiger partial charge in [-0.3, -0.25) is 0 Å². The summed E-state index contributed by atoms with van der Waals surface area (Å²) in [4.78, 5) is 2.09. The van der Waals surface area contributed by atoms with Crippen molar-refractivity contribution < 1.29 is 8.42 Å². The second kappa shape index (κ2) is 4.61. The number of hydrogen-bond acceptors (Lipinski definition) is 4. The van der Waals surface area contributed by atoms with Crippen LogP contribution in [0, 0.1) is 6.92 Å². The number of aryl methyl sites for hydroxylation is 1. The molecule has 4 nitrogen and oxygen atoms in total. The average molecular weight is 248 g/mol. The first kappa shape index (κ1) is 12.6. The highest BCUT2D eigenvalue weighted by atomic mass is 32.2. The summed E-state index contributed by atoms with van der Waals surface area (Å²) in [6, 6.07) is 1.67. The highest BCUT2D eigenvalue weighted by Crippen LogP contribution is 2.27. The molecule has 0 radical (unpaired) electrons. The fraction of sp³-hybridized carbons (Fsp3) is 0.556. The van der Waals surface area contributed by atoms with E-state index in [0.717, 1.165) is 9.75 Å². The van der Waals surface area contributed by atoms with Crippen LogP contribution in [-0.4, -0.2) is 26.3 Å². The monoisotopic (exact) mass is 248 g/mol. The lowest BCUT2D eigenvalue weighted by Gasteiger charge is -2.14. The minimum Gasteiger partial charge on any atom is -0.326 e. The number of nitrogens with two attached hydrogens (primary N) is 1. The van der Waals surface area contributed by atoms with Gasteiger partial charge in [-0.15, -0.1) is 11.3 Å². The maximum atomic E-state index is 12.0. The van der Waals surface area contributed by atoms with E-state index in [1.54, 1.807) is 20.0 Å². The molecule has 1 aromatic heterocycles. The summed E-state index contributed by atoms with van der Waals surface area (Å²) in [5, 5.41) is 0.